The van der Waals surface area contributed by atoms with E-state index >= 15 is 0 Å². The van der Waals surface area contributed by atoms with E-state index in [1.165, 1.54) is 16.9 Å². The van der Waals surface area contributed by atoms with Crippen LogP contribution >= 0.6 is 22.7 Å². The average molecular weight is 290 g/mol. The number of benzene rings is 1. The maximum atomic E-state index is 5.70. The molecule has 2 aromatic heterocycles. The Balaban J connectivity index is 1.64. The molecule has 0 radical (unpaired) electrons. The van der Waals surface area contributed by atoms with E-state index in [9.17, 15) is 0 Å². The van der Waals surface area contributed by atoms with Crippen LogP contribution in [0.3, 0.4) is 0 Å². The second kappa shape index (κ2) is 5.24. The number of nitrogen functional groups attached to an aromatic ring is 1. The number of rotatable bonds is 4. The summed E-state index contributed by atoms with van der Waals surface area (Å²) in [5.74, 6) is 0. The molecular formula is C13H14N4S2. The summed E-state index contributed by atoms with van der Waals surface area (Å²) in [6.07, 6.45) is 0. The molecule has 3 rings (SSSR count). The Morgan fingerprint density at radius 2 is 2.16 bits per heavy atom. The number of thiazole rings is 2. The molecule has 4 nitrogen and oxygen atoms in total. The zero-order valence-electron chi connectivity index (χ0n) is 10.5. The molecule has 0 bridgehead atoms. The molecule has 0 saturated heterocycles. The van der Waals surface area contributed by atoms with Crippen LogP contribution in [-0.4, -0.2) is 9.97 Å². The third-order valence-electron chi connectivity index (χ3n) is 2.74. The highest BCUT2D eigenvalue weighted by molar-refractivity contribution is 7.22. The molecular weight excluding hydrogens is 276 g/mol. The first-order valence-corrected chi connectivity index (χ1v) is 7.67. The van der Waals surface area contributed by atoms with Gasteiger partial charge in [0.05, 0.1) is 10.2 Å². The predicted molar refractivity (Wildman–Crippen MR) is 81.4 cm³/mol. The number of fused-ring (bicyclic) bond motifs is 1. The van der Waals surface area contributed by atoms with Gasteiger partial charge in [-0.2, -0.15) is 0 Å². The number of nitrogens with two attached hydrogens (primary N) is 1. The Hall–Kier alpha value is -1.50. The lowest BCUT2D eigenvalue weighted by Crippen LogP contribution is -2.12. The van der Waals surface area contributed by atoms with Crippen LogP contribution in [0.4, 0.5) is 5.13 Å². The lowest BCUT2D eigenvalue weighted by Gasteiger charge is -2.02. The summed E-state index contributed by atoms with van der Waals surface area (Å²) < 4.78 is 1.14. The van der Waals surface area contributed by atoms with Gasteiger partial charge >= 0.3 is 0 Å². The molecule has 3 aromatic rings. The number of nitrogens with zero attached hydrogens (tertiary/aromatic N) is 2. The Morgan fingerprint density at radius 1 is 1.26 bits per heavy atom. The Morgan fingerprint density at radius 3 is 2.95 bits per heavy atom. The molecule has 6 heteroatoms. The first kappa shape index (κ1) is 12.5. The van der Waals surface area contributed by atoms with Gasteiger partial charge in [0.25, 0.3) is 0 Å². The van der Waals surface area contributed by atoms with Gasteiger partial charge in [-0.05, 0) is 24.6 Å². The minimum Gasteiger partial charge on any atom is -0.375 e. The van der Waals surface area contributed by atoms with E-state index in [4.69, 9.17) is 5.73 Å². The highest BCUT2D eigenvalue weighted by atomic mass is 32.1. The molecule has 98 valence electrons. The summed E-state index contributed by atoms with van der Waals surface area (Å²) in [6.45, 7) is 3.65. The molecule has 0 amide bonds. The zero-order valence-corrected chi connectivity index (χ0v) is 12.1. The maximum absolute atomic E-state index is 5.70. The predicted octanol–water partition coefficient (Wildman–Crippen LogP) is 2.93. The van der Waals surface area contributed by atoms with E-state index in [-0.39, 0.29) is 0 Å². The van der Waals surface area contributed by atoms with E-state index in [0.717, 1.165) is 34.0 Å². The number of aryl methyl sites for hydroxylation is 1. The standard InChI is InChI=1S/C13H14N4S2/c1-8-7-18-12(16-8)6-15-5-9-2-3-10-11(4-9)19-13(14)17-10/h2-4,7,15H,5-6H2,1H3,(H2,14,17). The van der Waals surface area contributed by atoms with Gasteiger partial charge in [-0.3, -0.25) is 0 Å². The molecule has 0 spiro atoms. The molecule has 2 heterocycles. The SMILES string of the molecule is Cc1csc(CNCc2ccc3nc(N)sc3c2)n1. The van der Waals surface area contributed by atoms with Crippen LogP contribution in [-0.2, 0) is 13.1 Å². The first-order chi connectivity index (χ1) is 9.20. The second-order valence-corrected chi connectivity index (χ2v) is 6.35. The zero-order chi connectivity index (χ0) is 13.2. The minimum absolute atomic E-state index is 0.623. The number of nitrogens with one attached hydrogen (secondary N) is 1. The van der Waals surface area contributed by atoms with Crippen molar-refractivity contribution < 1.29 is 0 Å². The molecule has 0 unspecified atom stereocenters. The Bertz CT molecular complexity index is 702. The maximum Gasteiger partial charge on any atom is 0.181 e. The van der Waals surface area contributed by atoms with Crippen molar-refractivity contribution in [1.29, 1.82) is 0 Å². The number of hydrogen-bond donors (Lipinski definition) is 2. The van der Waals surface area contributed by atoms with Gasteiger partial charge in [0.2, 0.25) is 0 Å². The second-order valence-electron chi connectivity index (χ2n) is 4.34. The lowest BCUT2D eigenvalue weighted by atomic mass is 10.2. The Labute approximate surface area is 119 Å². The van der Waals surface area contributed by atoms with Crippen LogP contribution in [0.2, 0.25) is 0 Å². The van der Waals surface area contributed by atoms with Crippen molar-refractivity contribution in [2.45, 2.75) is 20.0 Å². The topological polar surface area (TPSA) is 63.8 Å². The van der Waals surface area contributed by atoms with Crippen LogP contribution in [0.15, 0.2) is 23.6 Å². The summed E-state index contributed by atoms with van der Waals surface area (Å²) >= 11 is 3.22. The molecule has 0 aliphatic heterocycles. The van der Waals surface area contributed by atoms with Crippen LogP contribution < -0.4 is 11.1 Å². The van der Waals surface area contributed by atoms with Crippen molar-refractivity contribution in [3.8, 4) is 0 Å². The third-order valence-corrected chi connectivity index (χ3v) is 4.56. The molecule has 0 aliphatic rings. The molecule has 0 atom stereocenters. The van der Waals surface area contributed by atoms with Gasteiger partial charge in [0, 0.05) is 24.2 Å². The summed E-state index contributed by atoms with van der Waals surface area (Å²) in [5.41, 5.74) is 9.00. The van der Waals surface area contributed by atoms with E-state index in [2.05, 4.69) is 32.8 Å². The summed E-state index contributed by atoms with van der Waals surface area (Å²) in [5, 5.41) is 7.23. The van der Waals surface area contributed by atoms with Crippen LogP contribution in [0.5, 0.6) is 0 Å². The van der Waals surface area contributed by atoms with Crippen LogP contribution in [0.25, 0.3) is 10.2 Å². The van der Waals surface area contributed by atoms with Crippen molar-refractivity contribution in [2.75, 3.05) is 5.73 Å². The highest BCUT2D eigenvalue weighted by Gasteiger charge is 2.03. The van der Waals surface area contributed by atoms with Crippen LogP contribution in [0, 0.1) is 6.92 Å². The fourth-order valence-electron chi connectivity index (χ4n) is 1.89. The van der Waals surface area contributed by atoms with Gasteiger partial charge in [0.1, 0.15) is 5.01 Å². The van der Waals surface area contributed by atoms with Gasteiger partial charge in [-0.1, -0.05) is 17.4 Å². The molecule has 3 N–H and O–H groups in total. The molecule has 19 heavy (non-hydrogen) atoms. The minimum atomic E-state index is 0.623. The molecule has 0 aliphatic carbocycles. The lowest BCUT2D eigenvalue weighted by molar-refractivity contribution is 0.689. The van der Waals surface area contributed by atoms with Crippen molar-refractivity contribution in [2.24, 2.45) is 0 Å². The van der Waals surface area contributed by atoms with Gasteiger partial charge in [-0.25, -0.2) is 9.97 Å². The molecule has 0 fully saturated rings. The van der Waals surface area contributed by atoms with Crippen LogP contribution in [0.1, 0.15) is 16.3 Å². The van der Waals surface area contributed by atoms with E-state index in [0.29, 0.717) is 5.13 Å². The quantitative estimate of drug-likeness (QED) is 0.775. The number of hydrogen-bond acceptors (Lipinski definition) is 6. The fraction of sp³-hybridized carbons (Fsp3) is 0.231. The van der Waals surface area contributed by atoms with E-state index in [1.54, 1.807) is 11.3 Å². The monoisotopic (exact) mass is 290 g/mol. The number of aromatic nitrogens is 2. The first-order valence-electron chi connectivity index (χ1n) is 5.97. The largest absolute Gasteiger partial charge is 0.375 e. The Kier molecular flexibility index (Phi) is 3.46. The fourth-order valence-corrected chi connectivity index (χ4v) is 3.43. The summed E-state index contributed by atoms with van der Waals surface area (Å²) in [4.78, 5) is 8.68. The third kappa shape index (κ3) is 2.91. The average Bonchev–Trinajstić information content (AvgIpc) is 2.94. The van der Waals surface area contributed by atoms with Crippen molar-refractivity contribution in [1.82, 2.24) is 15.3 Å². The van der Waals surface area contributed by atoms with Crippen molar-refractivity contribution in [3.63, 3.8) is 0 Å². The van der Waals surface area contributed by atoms with E-state index in [1.807, 2.05) is 13.0 Å². The normalized spacial score (nSPS) is 11.2. The van der Waals surface area contributed by atoms with Gasteiger partial charge in [-0.15, -0.1) is 11.3 Å². The van der Waals surface area contributed by atoms with Crippen molar-refractivity contribution >= 4 is 38.0 Å². The molecule has 0 saturated carbocycles. The van der Waals surface area contributed by atoms with Gasteiger partial charge < -0.3 is 11.1 Å². The number of anilines is 1. The molecule has 1 aromatic carbocycles. The highest BCUT2D eigenvalue weighted by Crippen LogP contribution is 2.24. The van der Waals surface area contributed by atoms with E-state index < -0.39 is 0 Å². The summed E-state index contributed by atoms with van der Waals surface area (Å²) in [6, 6.07) is 6.25. The smallest absolute Gasteiger partial charge is 0.181 e. The van der Waals surface area contributed by atoms with Crippen molar-refractivity contribution in [3.05, 3.63) is 39.8 Å². The summed E-state index contributed by atoms with van der Waals surface area (Å²) in [7, 11) is 0. The van der Waals surface area contributed by atoms with Gasteiger partial charge in [0.15, 0.2) is 5.13 Å².